The Hall–Kier alpha value is -2.82. The van der Waals surface area contributed by atoms with E-state index in [1.54, 1.807) is 42.5 Å². The first-order valence-corrected chi connectivity index (χ1v) is 6.33. The van der Waals surface area contributed by atoms with Crippen LogP contribution in [0.4, 0.5) is 0 Å². The van der Waals surface area contributed by atoms with E-state index in [0.717, 1.165) is 11.1 Å². The zero-order valence-electron chi connectivity index (χ0n) is 11.5. The van der Waals surface area contributed by atoms with E-state index in [4.69, 9.17) is 15.6 Å². The molecule has 5 heteroatoms. The summed E-state index contributed by atoms with van der Waals surface area (Å²) in [5.41, 5.74) is 7.38. The van der Waals surface area contributed by atoms with E-state index in [1.165, 1.54) is 0 Å². The van der Waals surface area contributed by atoms with Crippen LogP contribution in [0.5, 0.6) is 5.75 Å². The molecule has 0 atom stereocenters. The van der Waals surface area contributed by atoms with Crippen molar-refractivity contribution in [2.24, 2.45) is 5.73 Å². The number of hydrogen-bond acceptors (Lipinski definition) is 3. The molecule has 2 rings (SSSR count). The topological polar surface area (TPSA) is 89.6 Å². The summed E-state index contributed by atoms with van der Waals surface area (Å²) in [4.78, 5) is 22.1. The van der Waals surface area contributed by atoms with Crippen molar-refractivity contribution in [3.63, 3.8) is 0 Å². The first-order valence-electron chi connectivity index (χ1n) is 6.33. The molecule has 0 saturated heterocycles. The summed E-state index contributed by atoms with van der Waals surface area (Å²) in [5.74, 6) is -1.21. The van der Waals surface area contributed by atoms with Crippen molar-refractivity contribution in [1.29, 1.82) is 0 Å². The number of carbonyl (C=O) groups excluding carboxylic acids is 1. The van der Waals surface area contributed by atoms with Crippen LogP contribution in [-0.2, 0) is 6.61 Å². The quantitative estimate of drug-likeness (QED) is 0.882. The summed E-state index contributed by atoms with van der Waals surface area (Å²) in [6.45, 7) is 2.03. The normalized spacial score (nSPS) is 10.1. The average Bonchev–Trinajstić information content (AvgIpc) is 2.46. The zero-order valence-corrected chi connectivity index (χ0v) is 11.5. The van der Waals surface area contributed by atoms with Gasteiger partial charge in [-0.15, -0.1) is 0 Å². The maximum Gasteiger partial charge on any atom is 0.339 e. The van der Waals surface area contributed by atoms with Crippen LogP contribution in [0.1, 0.15) is 31.8 Å². The number of benzene rings is 2. The third-order valence-electron chi connectivity index (χ3n) is 3.00. The predicted octanol–water partition coefficient (Wildman–Crippen LogP) is 2.37. The second kappa shape index (κ2) is 6.09. The van der Waals surface area contributed by atoms with Gasteiger partial charge in [0.2, 0.25) is 5.91 Å². The van der Waals surface area contributed by atoms with Gasteiger partial charge >= 0.3 is 5.97 Å². The van der Waals surface area contributed by atoms with Gasteiger partial charge in [0.25, 0.3) is 0 Å². The third kappa shape index (κ3) is 3.60. The number of aryl methyl sites for hydroxylation is 1. The van der Waals surface area contributed by atoms with E-state index in [2.05, 4.69) is 0 Å². The molecule has 3 N–H and O–H groups in total. The Balaban J connectivity index is 2.13. The number of rotatable bonds is 5. The van der Waals surface area contributed by atoms with Gasteiger partial charge in [-0.1, -0.05) is 23.8 Å². The largest absolute Gasteiger partial charge is 0.488 e. The smallest absolute Gasteiger partial charge is 0.339 e. The van der Waals surface area contributed by atoms with Crippen molar-refractivity contribution < 1.29 is 19.4 Å². The highest BCUT2D eigenvalue weighted by Crippen LogP contribution is 2.21. The summed E-state index contributed by atoms with van der Waals surface area (Å²) < 4.78 is 5.54. The Morgan fingerprint density at radius 1 is 1.14 bits per heavy atom. The molecule has 0 saturated carbocycles. The highest BCUT2D eigenvalue weighted by molar-refractivity contribution is 5.92. The molecule has 0 aliphatic rings. The number of nitrogens with two attached hydrogens (primary N) is 1. The molecule has 0 bridgehead atoms. The second-order valence-electron chi connectivity index (χ2n) is 4.65. The molecule has 108 valence electrons. The van der Waals surface area contributed by atoms with Crippen LogP contribution in [0.3, 0.4) is 0 Å². The summed E-state index contributed by atoms with van der Waals surface area (Å²) in [7, 11) is 0. The van der Waals surface area contributed by atoms with E-state index < -0.39 is 11.9 Å². The van der Waals surface area contributed by atoms with Gasteiger partial charge in [-0.2, -0.15) is 0 Å². The fourth-order valence-electron chi connectivity index (χ4n) is 1.86. The minimum atomic E-state index is -1.03. The number of aromatic carboxylic acids is 1. The molecule has 0 aliphatic heterocycles. The number of carbonyl (C=O) groups is 2. The van der Waals surface area contributed by atoms with E-state index in [-0.39, 0.29) is 12.2 Å². The number of primary amides is 1. The van der Waals surface area contributed by atoms with Crippen molar-refractivity contribution in [1.82, 2.24) is 0 Å². The van der Waals surface area contributed by atoms with Crippen molar-refractivity contribution >= 4 is 11.9 Å². The first-order chi connectivity index (χ1) is 9.97. The maximum absolute atomic E-state index is 11.2. The lowest BCUT2D eigenvalue weighted by Gasteiger charge is -2.10. The summed E-state index contributed by atoms with van der Waals surface area (Å²) >= 11 is 0. The molecule has 0 unspecified atom stereocenters. The van der Waals surface area contributed by atoms with Crippen molar-refractivity contribution in [2.75, 3.05) is 0 Å². The Morgan fingerprint density at radius 2 is 1.81 bits per heavy atom. The van der Waals surface area contributed by atoms with Crippen molar-refractivity contribution in [3.05, 3.63) is 64.7 Å². The van der Waals surface area contributed by atoms with Gasteiger partial charge < -0.3 is 15.6 Å². The molecular weight excluding hydrogens is 270 g/mol. The molecule has 0 aliphatic carbocycles. The van der Waals surface area contributed by atoms with Gasteiger partial charge in [0, 0.05) is 5.56 Å². The van der Waals surface area contributed by atoms with Gasteiger partial charge in [0.1, 0.15) is 17.9 Å². The Kier molecular flexibility index (Phi) is 4.23. The highest BCUT2D eigenvalue weighted by Gasteiger charge is 2.11. The minimum Gasteiger partial charge on any atom is -0.488 e. The number of amides is 1. The van der Waals surface area contributed by atoms with E-state index in [1.807, 2.05) is 6.92 Å². The fourth-order valence-corrected chi connectivity index (χ4v) is 1.86. The van der Waals surface area contributed by atoms with Gasteiger partial charge in [0.05, 0.1) is 0 Å². The maximum atomic E-state index is 11.2. The molecule has 0 radical (unpaired) electrons. The molecule has 0 spiro atoms. The minimum absolute atomic E-state index is 0.128. The standard InChI is InChI=1S/C16H15NO4/c1-10-2-7-14(13(8-10)16(19)20)21-9-11-3-5-12(6-4-11)15(17)18/h2-8H,9H2,1H3,(H2,17,18)(H,19,20). The van der Waals surface area contributed by atoms with Crippen molar-refractivity contribution in [3.8, 4) is 5.75 Å². The van der Waals surface area contributed by atoms with E-state index in [0.29, 0.717) is 11.3 Å². The molecule has 2 aromatic carbocycles. The number of carboxylic acid groups (broad SMARTS) is 1. The van der Waals surface area contributed by atoms with E-state index >= 15 is 0 Å². The molecule has 0 heterocycles. The fraction of sp³-hybridized carbons (Fsp3) is 0.125. The average molecular weight is 285 g/mol. The Bertz CT molecular complexity index is 677. The summed E-state index contributed by atoms with van der Waals surface area (Å²) in [5, 5.41) is 9.15. The summed E-state index contributed by atoms with van der Waals surface area (Å²) in [6, 6.07) is 11.6. The highest BCUT2D eigenvalue weighted by atomic mass is 16.5. The monoisotopic (exact) mass is 285 g/mol. The molecule has 0 aromatic heterocycles. The molecular formula is C16H15NO4. The van der Waals surface area contributed by atoms with Crippen LogP contribution >= 0.6 is 0 Å². The van der Waals surface area contributed by atoms with Gasteiger partial charge in [-0.3, -0.25) is 4.79 Å². The van der Waals surface area contributed by atoms with Crippen LogP contribution in [0.2, 0.25) is 0 Å². The predicted molar refractivity (Wildman–Crippen MR) is 77.4 cm³/mol. The number of ether oxygens (including phenoxy) is 1. The molecule has 0 fully saturated rings. The Labute approximate surface area is 122 Å². The van der Waals surface area contributed by atoms with Crippen molar-refractivity contribution in [2.45, 2.75) is 13.5 Å². The lowest BCUT2D eigenvalue weighted by atomic mass is 10.1. The van der Waals surface area contributed by atoms with Crippen LogP contribution in [0, 0.1) is 6.92 Å². The number of carboxylic acids is 1. The Morgan fingerprint density at radius 3 is 2.38 bits per heavy atom. The lowest BCUT2D eigenvalue weighted by molar-refractivity contribution is 0.0691. The summed E-state index contributed by atoms with van der Waals surface area (Å²) in [6.07, 6.45) is 0. The van der Waals surface area contributed by atoms with Crippen LogP contribution in [0.25, 0.3) is 0 Å². The van der Waals surface area contributed by atoms with Crippen LogP contribution in [-0.4, -0.2) is 17.0 Å². The number of hydrogen-bond donors (Lipinski definition) is 2. The third-order valence-corrected chi connectivity index (χ3v) is 3.00. The molecule has 1 amide bonds. The lowest BCUT2D eigenvalue weighted by Crippen LogP contribution is -2.10. The van der Waals surface area contributed by atoms with Gasteiger partial charge in [-0.05, 0) is 36.8 Å². The van der Waals surface area contributed by atoms with E-state index in [9.17, 15) is 9.59 Å². The van der Waals surface area contributed by atoms with Crippen LogP contribution < -0.4 is 10.5 Å². The van der Waals surface area contributed by atoms with Gasteiger partial charge in [0.15, 0.2) is 0 Å². The SMILES string of the molecule is Cc1ccc(OCc2ccc(C(N)=O)cc2)c(C(=O)O)c1. The zero-order chi connectivity index (χ0) is 15.4. The van der Waals surface area contributed by atoms with Crippen LogP contribution in [0.15, 0.2) is 42.5 Å². The molecule has 2 aromatic rings. The molecule has 21 heavy (non-hydrogen) atoms. The van der Waals surface area contributed by atoms with Gasteiger partial charge in [-0.25, -0.2) is 4.79 Å². The second-order valence-corrected chi connectivity index (χ2v) is 4.65. The first kappa shape index (κ1) is 14.6. The molecule has 5 nitrogen and oxygen atoms in total.